The van der Waals surface area contributed by atoms with E-state index in [1.807, 2.05) is 28.8 Å². The lowest BCUT2D eigenvalue weighted by Crippen LogP contribution is -2.30. The first kappa shape index (κ1) is 19.3. The highest BCUT2D eigenvalue weighted by atomic mass is 16.6. The van der Waals surface area contributed by atoms with Crippen LogP contribution in [0.1, 0.15) is 18.5 Å². The number of hydrogen-bond acceptors (Lipinski definition) is 4. The Morgan fingerprint density at radius 2 is 1.60 bits per heavy atom. The van der Waals surface area contributed by atoms with Crippen molar-refractivity contribution in [3.05, 3.63) is 98.7 Å². The first-order valence-electron chi connectivity index (χ1n) is 9.49. The highest BCUT2D eigenvalue weighted by Crippen LogP contribution is 2.21. The molecule has 4 aromatic rings. The Morgan fingerprint density at radius 1 is 1.00 bits per heavy atom. The second kappa shape index (κ2) is 7.79. The summed E-state index contributed by atoms with van der Waals surface area (Å²) in [6, 6.07) is 20.2. The van der Waals surface area contributed by atoms with E-state index in [0.717, 1.165) is 0 Å². The van der Waals surface area contributed by atoms with Crippen molar-refractivity contribution in [3.8, 4) is 0 Å². The Kier molecular flexibility index (Phi) is 5.02. The molecule has 0 fully saturated rings. The maximum atomic E-state index is 12.8. The molecule has 1 aromatic heterocycles. The van der Waals surface area contributed by atoms with Gasteiger partial charge in [-0.3, -0.25) is 19.7 Å². The molecule has 0 bridgehead atoms. The van der Waals surface area contributed by atoms with Gasteiger partial charge in [0.2, 0.25) is 5.91 Å². The van der Waals surface area contributed by atoms with Gasteiger partial charge < -0.3 is 9.88 Å². The molecule has 7 nitrogen and oxygen atoms in total. The molecule has 0 spiro atoms. The van der Waals surface area contributed by atoms with Crippen molar-refractivity contribution < 1.29 is 9.72 Å². The van der Waals surface area contributed by atoms with Crippen molar-refractivity contribution in [3.63, 3.8) is 0 Å². The zero-order valence-electron chi connectivity index (χ0n) is 16.2. The molecule has 1 N–H and O–H groups in total. The summed E-state index contributed by atoms with van der Waals surface area (Å²) in [5, 5.41) is 15.0. The average Bonchev–Trinajstić information content (AvgIpc) is 2.76. The topological polar surface area (TPSA) is 94.2 Å². The molecule has 1 amide bonds. The van der Waals surface area contributed by atoms with Crippen LogP contribution >= 0.6 is 0 Å². The lowest BCUT2D eigenvalue weighted by molar-refractivity contribution is -0.384. The van der Waals surface area contributed by atoms with Crippen molar-refractivity contribution >= 4 is 33.4 Å². The molecule has 0 aliphatic rings. The predicted molar refractivity (Wildman–Crippen MR) is 115 cm³/mol. The van der Waals surface area contributed by atoms with E-state index in [4.69, 9.17) is 0 Å². The maximum absolute atomic E-state index is 12.8. The summed E-state index contributed by atoms with van der Waals surface area (Å²) >= 11 is 0. The van der Waals surface area contributed by atoms with E-state index in [1.165, 1.54) is 12.1 Å². The fraction of sp³-hybridized carbons (Fsp3) is 0.130. The van der Waals surface area contributed by atoms with Crippen molar-refractivity contribution in [2.75, 3.05) is 0 Å². The fourth-order valence-corrected chi connectivity index (χ4v) is 3.67. The molecule has 1 atom stereocenters. The van der Waals surface area contributed by atoms with Gasteiger partial charge in [-0.15, -0.1) is 0 Å². The van der Waals surface area contributed by atoms with Crippen LogP contribution in [0.5, 0.6) is 0 Å². The van der Waals surface area contributed by atoms with Gasteiger partial charge in [-0.05, 0) is 36.8 Å². The quantitative estimate of drug-likeness (QED) is 0.311. The minimum Gasteiger partial charge on any atom is -0.348 e. The minimum atomic E-state index is -0.462. The van der Waals surface area contributed by atoms with Gasteiger partial charge in [-0.25, -0.2) is 0 Å². The smallest absolute Gasteiger partial charge is 0.269 e. The summed E-state index contributed by atoms with van der Waals surface area (Å²) in [6.07, 6.45) is 0. The zero-order valence-corrected chi connectivity index (χ0v) is 16.2. The van der Waals surface area contributed by atoms with Gasteiger partial charge in [0.15, 0.2) is 5.43 Å². The van der Waals surface area contributed by atoms with E-state index >= 15 is 0 Å². The molecule has 0 aliphatic carbocycles. The van der Waals surface area contributed by atoms with Crippen LogP contribution in [0, 0.1) is 10.1 Å². The molecule has 0 saturated carbocycles. The summed E-state index contributed by atoms with van der Waals surface area (Å²) in [5.41, 5.74) is 1.92. The average molecular weight is 401 g/mol. The van der Waals surface area contributed by atoms with Gasteiger partial charge >= 0.3 is 0 Å². The number of carbonyl (C=O) groups is 1. The Morgan fingerprint density at radius 3 is 2.20 bits per heavy atom. The van der Waals surface area contributed by atoms with Gasteiger partial charge in [0.1, 0.15) is 6.54 Å². The molecule has 0 aliphatic heterocycles. The molecule has 1 unspecified atom stereocenters. The van der Waals surface area contributed by atoms with Crippen LogP contribution in [0.25, 0.3) is 21.8 Å². The molecular formula is C23H19N3O4. The van der Waals surface area contributed by atoms with E-state index in [2.05, 4.69) is 5.32 Å². The second-order valence-corrected chi connectivity index (χ2v) is 7.09. The van der Waals surface area contributed by atoms with Crippen LogP contribution in [-0.4, -0.2) is 15.4 Å². The largest absolute Gasteiger partial charge is 0.348 e. The van der Waals surface area contributed by atoms with Gasteiger partial charge in [0.05, 0.1) is 22.0 Å². The summed E-state index contributed by atoms with van der Waals surface area (Å²) < 4.78 is 1.82. The minimum absolute atomic E-state index is 0.0145. The number of para-hydroxylation sites is 2. The number of rotatable bonds is 5. The number of nitro groups is 1. The van der Waals surface area contributed by atoms with Gasteiger partial charge in [-0.2, -0.15) is 0 Å². The number of amides is 1. The molecule has 1 heterocycles. The highest BCUT2D eigenvalue weighted by Gasteiger charge is 2.16. The van der Waals surface area contributed by atoms with E-state index in [9.17, 15) is 19.7 Å². The molecular weight excluding hydrogens is 382 g/mol. The zero-order chi connectivity index (χ0) is 21.3. The van der Waals surface area contributed by atoms with Gasteiger partial charge in [0.25, 0.3) is 5.69 Å². The first-order valence-corrected chi connectivity index (χ1v) is 9.49. The van der Waals surface area contributed by atoms with E-state index in [0.29, 0.717) is 27.4 Å². The van der Waals surface area contributed by atoms with Crippen molar-refractivity contribution in [2.24, 2.45) is 0 Å². The van der Waals surface area contributed by atoms with Gasteiger partial charge in [0, 0.05) is 22.9 Å². The first-order chi connectivity index (χ1) is 14.5. The van der Waals surface area contributed by atoms with Crippen LogP contribution in [0.4, 0.5) is 5.69 Å². The Hall–Kier alpha value is -4.00. The van der Waals surface area contributed by atoms with E-state index in [1.54, 1.807) is 43.3 Å². The molecule has 0 radical (unpaired) electrons. The second-order valence-electron chi connectivity index (χ2n) is 7.09. The number of aromatic nitrogens is 1. The van der Waals surface area contributed by atoms with Crippen molar-refractivity contribution in [1.29, 1.82) is 0 Å². The SMILES string of the molecule is CC(NC(=O)Cn1c2ccccc2c(=O)c2ccccc21)c1cccc([N+](=O)[O-])c1. The third-order valence-corrected chi connectivity index (χ3v) is 5.14. The van der Waals surface area contributed by atoms with Crippen molar-refractivity contribution in [2.45, 2.75) is 19.5 Å². The molecule has 7 heteroatoms. The maximum Gasteiger partial charge on any atom is 0.269 e. The Bertz CT molecular complexity index is 1280. The molecule has 0 saturated heterocycles. The highest BCUT2D eigenvalue weighted by molar-refractivity contribution is 5.94. The van der Waals surface area contributed by atoms with E-state index < -0.39 is 11.0 Å². The number of pyridine rings is 1. The number of nitrogens with zero attached hydrogens (tertiary/aromatic N) is 2. The fourth-order valence-electron chi connectivity index (χ4n) is 3.67. The lowest BCUT2D eigenvalue weighted by atomic mass is 10.1. The summed E-state index contributed by atoms with van der Waals surface area (Å²) in [5.74, 6) is -0.257. The molecule has 30 heavy (non-hydrogen) atoms. The summed E-state index contributed by atoms with van der Waals surface area (Å²) in [7, 11) is 0. The number of benzene rings is 3. The Labute approximate surface area is 171 Å². The summed E-state index contributed by atoms with van der Waals surface area (Å²) in [6.45, 7) is 1.79. The number of fused-ring (bicyclic) bond motifs is 2. The number of carbonyl (C=O) groups excluding carboxylic acids is 1. The number of nitro benzene ring substituents is 1. The van der Waals surface area contributed by atoms with Crippen LogP contribution in [0.15, 0.2) is 77.6 Å². The third-order valence-electron chi connectivity index (χ3n) is 5.14. The third kappa shape index (κ3) is 3.53. The molecule has 150 valence electrons. The summed E-state index contributed by atoms with van der Waals surface area (Å²) in [4.78, 5) is 36.2. The Balaban J connectivity index is 1.68. The van der Waals surface area contributed by atoms with Crippen LogP contribution < -0.4 is 10.7 Å². The van der Waals surface area contributed by atoms with Crippen LogP contribution in [-0.2, 0) is 11.3 Å². The number of non-ortho nitro benzene ring substituents is 1. The van der Waals surface area contributed by atoms with Crippen LogP contribution in [0.2, 0.25) is 0 Å². The van der Waals surface area contributed by atoms with Crippen LogP contribution in [0.3, 0.4) is 0 Å². The number of nitrogens with one attached hydrogen (secondary N) is 1. The monoisotopic (exact) mass is 401 g/mol. The number of hydrogen-bond donors (Lipinski definition) is 1. The van der Waals surface area contributed by atoms with Crippen molar-refractivity contribution in [1.82, 2.24) is 9.88 Å². The predicted octanol–water partition coefficient (Wildman–Crippen LogP) is 3.94. The lowest BCUT2D eigenvalue weighted by Gasteiger charge is -2.18. The standard InChI is InChI=1S/C23H19N3O4/c1-15(16-7-6-8-17(13-16)26(29)30)24-22(27)14-25-20-11-4-2-9-18(20)23(28)19-10-3-5-12-21(19)25/h2-13,15H,14H2,1H3,(H,24,27). The van der Waals surface area contributed by atoms with Gasteiger partial charge in [-0.1, -0.05) is 36.4 Å². The molecule has 4 rings (SSSR count). The molecule has 3 aromatic carbocycles. The normalized spacial score (nSPS) is 12.0. The van der Waals surface area contributed by atoms with E-state index in [-0.39, 0.29) is 23.6 Å².